The molecule has 0 aromatic heterocycles. The molecular weight excluding hydrogens is 1960 g/mol. The van der Waals surface area contributed by atoms with Gasteiger partial charge in [-0.25, -0.2) is 4.79 Å². The Morgan fingerprint density at radius 1 is 0.287 bits per heavy atom. The molecule has 0 bridgehead atoms. The van der Waals surface area contributed by atoms with E-state index in [1.165, 1.54) is 0 Å². The lowest BCUT2D eigenvalue weighted by molar-refractivity contribution is -0.386. The molecule has 11 aliphatic rings. The zero-order valence-corrected chi connectivity index (χ0v) is 76.6. The van der Waals surface area contributed by atoms with Gasteiger partial charge in [-0.15, -0.1) is 0 Å². The number of carbonyl (C=O) groups is 6. The third-order valence-corrected chi connectivity index (χ3v) is 25.9. The molecule has 64 heteroatoms. The minimum atomic E-state index is -3.11. The molecule has 0 saturated carbocycles. The van der Waals surface area contributed by atoms with Crippen molar-refractivity contribution in [1.29, 1.82) is 0 Å². The number of carboxylic acid groups (broad SMARTS) is 1. The van der Waals surface area contributed by atoms with E-state index >= 15 is 0 Å². The van der Waals surface area contributed by atoms with Crippen molar-refractivity contribution in [2.45, 2.75) is 384 Å². The summed E-state index contributed by atoms with van der Waals surface area (Å²) >= 11 is 0. The van der Waals surface area contributed by atoms with Crippen molar-refractivity contribution < 1.29 is 292 Å². The van der Waals surface area contributed by atoms with Crippen molar-refractivity contribution in [2.24, 2.45) is 0 Å². The fourth-order valence-electron chi connectivity index (χ4n) is 18.3. The molecule has 37 N–H and O–H groups in total. The lowest BCUT2D eigenvalue weighted by atomic mass is 9.88. The van der Waals surface area contributed by atoms with Gasteiger partial charge >= 0.3 is 5.97 Å². The summed E-state index contributed by atoms with van der Waals surface area (Å²) in [4.78, 5) is 78.1. The van der Waals surface area contributed by atoms with E-state index in [9.17, 15) is 192 Å². The Labute approximate surface area is 808 Å². The number of carbonyl (C=O) groups excluding carboxylic acids is 5. The molecule has 0 aromatic carbocycles. The molecule has 5 amide bonds. The van der Waals surface area contributed by atoms with Gasteiger partial charge in [0.15, 0.2) is 62.9 Å². The highest BCUT2D eigenvalue weighted by Gasteiger charge is 2.64. The summed E-state index contributed by atoms with van der Waals surface area (Å²) in [7, 11) is 0. The zero-order chi connectivity index (χ0) is 106. The van der Waals surface area contributed by atoms with Crippen molar-refractivity contribution in [2.75, 3.05) is 72.7 Å². The molecule has 0 radical (unpaired) electrons. The van der Waals surface area contributed by atoms with E-state index in [0.717, 1.165) is 34.6 Å². The third kappa shape index (κ3) is 26.4. The van der Waals surface area contributed by atoms with Crippen LogP contribution in [0.4, 0.5) is 0 Å². The number of hydrogen-bond acceptors (Lipinski definition) is 58. The predicted octanol–water partition coefficient (Wildman–Crippen LogP) is -25.1. The minimum Gasteiger partial charge on any atom is -0.477 e. The van der Waals surface area contributed by atoms with Gasteiger partial charge < -0.3 is 289 Å². The van der Waals surface area contributed by atoms with Crippen LogP contribution in [-0.4, -0.2) is 615 Å². The van der Waals surface area contributed by atoms with Gasteiger partial charge in [-0.3, -0.25) is 24.0 Å². The van der Waals surface area contributed by atoms with Gasteiger partial charge in [-0.2, -0.15) is 0 Å². The van der Waals surface area contributed by atoms with Crippen molar-refractivity contribution in [3.63, 3.8) is 0 Å². The molecule has 143 heavy (non-hydrogen) atoms. The number of amides is 5. The average Bonchev–Trinajstić information content (AvgIpc) is 0.735. The molecule has 11 aliphatic heterocycles. The maximum atomic E-state index is 13.4. The molecule has 11 fully saturated rings. The summed E-state index contributed by atoms with van der Waals surface area (Å²) in [6.45, 7) is -8.35. The fraction of sp³-hybridized carbons (Fsp3) is 0.924. The second-order valence-electron chi connectivity index (χ2n) is 36.0. The molecule has 0 aliphatic carbocycles. The average molecular weight is 2090 g/mol. The number of hydrogen-bond donors (Lipinski definition) is 37. The van der Waals surface area contributed by atoms with Gasteiger partial charge in [-0.1, -0.05) is 0 Å². The Bertz CT molecular complexity index is 4030. The summed E-state index contributed by atoms with van der Waals surface area (Å²) in [5.41, 5.74) is 0. The molecule has 826 valence electrons. The number of nitrogens with one attached hydrogen (secondary N) is 5. The van der Waals surface area contributed by atoms with Gasteiger partial charge in [0.25, 0.3) is 5.79 Å². The highest BCUT2D eigenvalue weighted by atomic mass is 16.8. The molecule has 1 unspecified atom stereocenters. The predicted molar refractivity (Wildman–Crippen MR) is 438 cm³/mol. The lowest BCUT2D eigenvalue weighted by Crippen LogP contribution is -2.70. The van der Waals surface area contributed by atoms with Crippen LogP contribution in [-0.2, 0) is 128 Å². The van der Waals surface area contributed by atoms with Gasteiger partial charge in [-0.05, 0) is 0 Å². The van der Waals surface area contributed by atoms with E-state index in [0.29, 0.717) is 0 Å². The first-order valence-corrected chi connectivity index (χ1v) is 45.3. The topological polar surface area (TPSA) is 1000 Å². The van der Waals surface area contributed by atoms with E-state index in [2.05, 4.69) is 26.6 Å². The first-order chi connectivity index (χ1) is 67.5. The Morgan fingerprint density at radius 3 is 0.937 bits per heavy atom. The summed E-state index contributed by atoms with van der Waals surface area (Å²) in [5.74, 6) is -10.1. The third-order valence-electron chi connectivity index (χ3n) is 25.9. The smallest absolute Gasteiger partial charge is 0.364 e. The second kappa shape index (κ2) is 51.2. The number of aliphatic hydroxyl groups is 31. The van der Waals surface area contributed by atoms with E-state index < -0.39 is 458 Å². The summed E-state index contributed by atoms with van der Waals surface area (Å²) in [6, 6.07) is -9.78. The van der Waals surface area contributed by atoms with Crippen molar-refractivity contribution >= 4 is 35.5 Å². The van der Waals surface area contributed by atoms with Crippen molar-refractivity contribution in [3.8, 4) is 0 Å². The van der Waals surface area contributed by atoms with Crippen molar-refractivity contribution in [1.82, 2.24) is 26.6 Å². The Hall–Kier alpha value is -5.26. The van der Waals surface area contributed by atoms with Crippen LogP contribution in [0.25, 0.3) is 0 Å². The number of ether oxygens (including phenoxy) is 21. The molecule has 0 aromatic rings. The molecule has 11 heterocycles. The maximum absolute atomic E-state index is 13.4. The van der Waals surface area contributed by atoms with E-state index in [1.807, 2.05) is 0 Å². The first kappa shape index (κ1) is 118. The van der Waals surface area contributed by atoms with Crippen LogP contribution in [0.1, 0.15) is 41.0 Å². The van der Waals surface area contributed by atoms with Crippen molar-refractivity contribution in [3.05, 3.63) is 0 Å². The Balaban J connectivity index is 0.880. The minimum absolute atomic E-state index is 0.855. The van der Waals surface area contributed by atoms with Crippen LogP contribution < -0.4 is 26.6 Å². The first-order valence-electron chi connectivity index (χ1n) is 45.3. The summed E-state index contributed by atoms with van der Waals surface area (Å²) < 4.78 is 124. The standard InChI is InChI=1S/C79H131N5O59/c1-18(93)80-35-23(98)6-79(78(121)122,143-65(35)40(100)24(99)7-85)125-17-34-43(103)52(112)57(117)75(135-34)137-60-29(12-90)130-69(36(47(60)107)81-19(2)94)123-15-32-45(105)66(141-71-38(83-21(4)96)49(109)62(31(14-92)132-71)136-73-55(115)50(110)41(101)25(8-86)128-73)58(118)76(133-32)138-61-30(13-91)131-70(37(48(61)108)82-20(3)95)124-16-33-46(106)67(59(119)77(134-33)139-63-28(11-89)126-68(120)54(114)53(63)113)142-72-39(84-22(5)97)64(44(104)27(10-88)127-72)140-74-56(116)51(111)42(102)26(9-87)129-74/h23-77,85-92,98-120H,6-17H2,1-5H3,(H,80,93)(H,81,94)(H,82,95)(H,83,96)(H,84,97)(H,121,122)/t23-,24+,25+,26+,27+,28+,29+,30+,31+,32+,33+,34+,35+,36+,37+,38+,39+,40+,41-,42-,43-,44+,45-,46-,47+,48+,49+,50-,51-,52-,53+,54+,55+,56+,57+,58+,59+,60+,61+,62+,63+,64+,65+,66-,67-,68?,69+,70+,71-,72-,73-,74-,75-,76-,77-,79+/m0/s1. The molecule has 0 spiro atoms. The zero-order valence-electron chi connectivity index (χ0n) is 76.6. The van der Waals surface area contributed by atoms with Crippen LogP contribution in [0, 0.1) is 0 Å². The number of rotatable bonds is 39. The largest absolute Gasteiger partial charge is 0.477 e. The van der Waals surface area contributed by atoms with Gasteiger partial charge in [0, 0.05) is 41.0 Å². The van der Waals surface area contributed by atoms with Crippen LogP contribution >= 0.6 is 0 Å². The highest BCUT2D eigenvalue weighted by molar-refractivity contribution is 5.77. The molecule has 64 nitrogen and oxygen atoms in total. The van der Waals surface area contributed by atoms with Gasteiger partial charge in [0.05, 0.1) is 84.8 Å². The van der Waals surface area contributed by atoms with E-state index in [-0.39, 0.29) is 0 Å². The highest BCUT2D eigenvalue weighted by Crippen LogP contribution is 2.43. The van der Waals surface area contributed by atoms with Crippen LogP contribution in [0.2, 0.25) is 0 Å². The second-order valence-corrected chi connectivity index (χ2v) is 36.0. The lowest BCUT2D eigenvalue weighted by Gasteiger charge is -2.51. The van der Waals surface area contributed by atoms with Crippen LogP contribution in [0.5, 0.6) is 0 Å². The monoisotopic (exact) mass is 2090 g/mol. The van der Waals surface area contributed by atoms with Crippen LogP contribution in [0.15, 0.2) is 0 Å². The normalized spacial score (nSPS) is 47.8. The fourth-order valence-corrected chi connectivity index (χ4v) is 18.3. The summed E-state index contributed by atoms with van der Waals surface area (Å²) in [5, 5.41) is 368. The molecular formula is C79H131N5O59. The number of aliphatic carboxylic acids is 1. The molecule has 11 saturated heterocycles. The summed E-state index contributed by atoms with van der Waals surface area (Å²) in [6.07, 6.45) is -110. The van der Waals surface area contributed by atoms with Crippen LogP contribution in [0.3, 0.4) is 0 Å². The Morgan fingerprint density at radius 2 is 0.566 bits per heavy atom. The van der Waals surface area contributed by atoms with E-state index in [1.54, 1.807) is 0 Å². The molecule has 56 atom stereocenters. The quantitative estimate of drug-likeness (QED) is 0.0272. The SMILES string of the molecule is CC(=O)N[C@H]1[C@H](OC[C@H]2O[C@@H](O[C@H]3[C@H](O)[C@@H](NC(C)=O)[C@H](OC[C@H]4O[C@@H](O[C@H]5[C@H](O)[C@@H](O)C(O)O[C@@H]5CO)[C@H](O)[C@@H](O[C@@H]5O[C@H](CO)[C@@H](O)[C@H](O[C@@H]6O[C@H](CO)[C@H](O)[C@H](O)[C@H]6O)[C@H]5NC(C)=O)[C@H]4O)O[C@@H]3CO)[C@H](O)[C@@H](O[C@@H]3O[C@H](CO)[C@@H](O[C@@H]4O[C@H](CO)[C@H](O)[C@H](O)[C@H]4O)[C@H](O)[C@H]3NC(C)=O)[C@H]2O)O[C@H](CO)[C@@H](O[C@@H]2O[C@H](CO[C@]3(C(=O)O)C[C@H](O)[C@@H](NC(C)=O)[C@H]([C@H](O)[C@H](O)CO)O3)[C@H](O)[C@H](O)[C@H]2O)[C@@H]1O. The molecule has 11 rings (SSSR count). The van der Waals surface area contributed by atoms with Gasteiger partial charge in [0.2, 0.25) is 29.5 Å². The number of carboxylic acids is 1. The number of aliphatic hydroxyl groups excluding tert-OH is 31. The van der Waals surface area contributed by atoms with E-state index in [4.69, 9.17) is 99.5 Å². The maximum Gasteiger partial charge on any atom is 0.364 e. The Kier molecular flexibility index (Phi) is 42.3. The van der Waals surface area contributed by atoms with Gasteiger partial charge in [0.1, 0.15) is 262 Å².